The minimum Gasteiger partial charge on any atom is -0.336 e. The van der Waals surface area contributed by atoms with E-state index in [4.69, 9.17) is 0 Å². The van der Waals surface area contributed by atoms with E-state index in [2.05, 4.69) is 10.6 Å². The predicted molar refractivity (Wildman–Crippen MR) is 75.4 cm³/mol. The summed E-state index contributed by atoms with van der Waals surface area (Å²) in [6.07, 6.45) is 1.91. The fourth-order valence-electron chi connectivity index (χ4n) is 3.23. The summed E-state index contributed by atoms with van der Waals surface area (Å²) in [5.41, 5.74) is -0.813. The number of hydrogen-bond donors (Lipinski definition) is 2. The number of carbonyl (C=O) groups excluding carboxylic acids is 3. The molecule has 7 heteroatoms. The molecule has 2 saturated heterocycles. The van der Waals surface area contributed by atoms with Crippen molar-refractivity contribution in [1.82, 2.24) is 20.4 Å². The zero-order valence-corrected chi connectivity index (χ0v) is 12.5. The van der Waals surface area contributed by atoms with E-state index in [1.165, 1.54) is 0 Å². The number of rotatable bonds is 3. The first-order chi connectivity index (χ1) is 9.93. The number of urea groups is 1. The highest BCUT2D eigenvalue weighted by Gasteiger charge is 2.56. The van der Waals surface area contributed by atoms with Gasteiger partial charge in [0.1, 0.15) is 12.1 Å². The van der Waals surface area contributed by atoms with E-state index in [1.54, 1.807) is 11.8 Å². The maximum Gasteiger partial charge on any atom is 0.325 e. The fraction of sp³-hybridized carbons (Fsp3) is 0.786. The summed E-state index contributed by atoms with van der Waals surface area (Å²) in [5.74, 6) is -0.203. The van der Waals surface area contributed by atoms with Crippen LogP contribution in [0.1, 0.15) is 26.7 Å². The molecule has 116 valence electrons. The van der Waals surface area contributed by atoms with Crippen molar-refractivity contribution < 1.29 is 14.4 Å². The second-order valence-corrected chi connectivity index (χ2v) is 6.44. The van der Waals surface area contributed by atoms with Crippen LogP contribution in [0.5, 0.6) is 0 Å². The molecule has 2 heterocycles. The molecule has 2 N–H and O–H groups in total. The molecule has 0 bridgehead atoms. The summed E-state index contributed by atoms with van der Waals surface area (Å²) in [6.45, 7) is 5.68. The third-order valence-corrected chi connectivity index (χ3v) is 4.81. The SMILES string of the molecule is CC1CNCCN1C(=O)CN1C(=O)NC(C)(C2CC2)C1=O. The van der Waals surface area contributed by atoms with Crippen LogP contribution in [-0.2, 0) is 9.59 Å². The number of nitrogens with one attached hydrogen (secondary N) is 2. The molecule has 0 spiro atoms. The van der Waals surface area contributed by atoms with Crippen molar-refractivity contribution in [2.75, 3.05) is 26.2 Å². The molecule has 3 aliphatic rings. The molecule has 1 aliphatic carbocycles. The molecule has 21 heavy (non-hydrogen) atoms. The summed E-state index contributed by atoms with van der Waals surface area (Å²) < 4.78 is 0. The van der Waals surface area contributed by atoms with Gasteiger partial charge in [-0.1, -0.05) is 0 Å². The summed E-state index contributed by atoms with van der Waals surface area (Å²) >= 11 is 0. The first kappa shape index (κ1) is 14.3. The smallest absolute Gasteiger partial charge is 0.325 e. The third-order valence-electron chi connectivity index (χ3n) is 4.81. The lowest BCUT2D eigenvalue weighted by atomic mass is 9.96. The largest absolute Gasteiger partial charge is 0.336 e. The van der Waals surface area contributed by atoms with E-state index in [-0.39, 0.29) is 30.3 Å². The van der Waals surface area contributed by atoms with Gasteiger partial charge in [0.15, 0.2) is 0 Å². The van der Waals surface area contributed by atoms with Crippen LogP contribution in [0.25, 0.3) is 0 Å². The lowest BCUT2D eigenvalue weighted by molar-refractivity contribution is -0.140. The molecule has 3 rings (SSSR count). The number of hydrogen-bond acceptors (Lipinski definition) is 4. The van der Waals surface area contributed by atoms with Crippen molar-refractivity contribution in [3.8, 4) is 0 Å². The molecule has 7 nitrogen and oxygen atoms in total. The van der Waals surface area contributed by atoms with Gasteiger partial charge in [-0.15, -0.1) is 0 Å². The third kappa shape index (κ3) is 2.39. The Kier molecular flexibility index (Phi) is 3.39. The molecule has 2 unspecified atom stereocenters. The molecule has 4 amide bonds. The van der Waals surface area contributed by atoms with E-state index in [0.29, 0.717) is 6.54 Å². The zero-order chi connectivity index (χ0) is 15.2. The van der Waals surface area contributed by atoms with Crippen LogP contribution in [0.4, 0.5) is 4.79 Å². The topological polar surface area (TPSA) is 81.8 Å². The fourth-order valence-corrected chi connectivity index (χ4v) is 3.23. The van der Waals surface area contributed by atoms with Crippen LogP contribution in [0.2, 0.25) is 0 Å². The van der Waals surface area contributed by atoms with E-state index < -0.39 is 11.6 Å². The van der Waals surface area contributed by atoms with Crippen molar-refractivity contribution in [1.29, 1.82) is 0 Å². The van der Waals surface area contributed by atoms with Crippen LogP contribution in [0.3, 0.4) is 0 Å². The Hall–Kier alpha value is -1.63. The Balaban J connectivity index is 1.68. The maximum atomic E-state index is 12.5. The first-order valence-corrected chi connectivity index (χ1v) is 7.58. The lowest BCUT2D eigenvalue weighted by Gasteiger charge is -2.34. The average molecular weight is 294 g/mol. The Morgan fingerprint density at radius 3 is 2.71 bits per heavy atom. The Morgan fingerprint density at radius 1 is 1.38 bits per heavy atom. The van der Waals surface area contributed by atoms with E-state index in [1.807, 2.05) is 6.92 Å². The quantitative estimate of drug-likeness (QED) is 0.689. The van der Waals surface area contributed by atoms with E-state index >= 15 is 0 Å². The minimum absolute atomic E-state index is 0.0850. The van der Waals surface area contributed by atoms with Gasteiger partial charge in [-0.3, -0.25) is 14.5 Å². The normalized spacial score (nSPS) is 33.3. The van der Waals surface area contributed by atoms with Crippen molar-refractivity contribution >= 4 is 17.8 Å². The lowest BCUT2D eigenvalue weighted by Crippen LogP contribution is -2.55. The van der Waals surface area contributed by atoms with Crippen LogP contribution in [0.15, 0.2) is 0 Å². The molecule has 1 saturated carbocycles. The van der Waals surface area contributed by atoms with Crippen LogP contribution in [-0.4, -0.2) is 65.4 Å². The van der Waals surface area contributed by atoms with Crippen molar-refractivity contribution in [3.05, 3.63) is 0 Å². The number of carbonyl (C=O) groups is 3. The van der Waals surface area contributed by atoms with Gasteiger partial charge in [0.25, 0.3) is 5.91 Å². The van der Waals surface area contributed by atoms with Gasteiger partial charge in [-0.05, 0) is 32.6 Å². The molecule has 0 aromatic heterocycles. The monoisotopic (exact) mass is 294 g/mol. The van der Waals surface area contributed by atoms with Crippen molar-refractivity contribution in [2.45, 2.75) is 38.3 Å². The molecular formula is C14H22N4O3. The van der Waals surface area contributed by atoms with Gasteiger partial charge in [-0.2, -0.15) is 0 Å². The zero-order valence-electron chi connectivity index (χ0n) is 12.5. The summed E-state index contributed by atoms with van der Waals surface area (Å²) in [4.78, 5) is 39.7. The first-order valence-electron chi connectivity index (χ1n) is 7.58. The van der Waals surface area contributed by atoms with Gasteiger partial charge in [0.05, 0.1) is 0 Å². The van der Waals surface area contributed by atoms with E-state index in [0.717, 1.165) is 30.8 Å². The van der Waals surface area contributed by atoms with E-state index in [9.17, 15) is 14.4 Å². The number of imide groups is 1. The average Bonchev–Trinajstić information content (AvgIpc) is 3.25. The summed E-state index contributed by atoms with van der Waals surface area (Å²) in [6, 6.07) is -0.354. The van der Waals surface area contributed by atoms with Gasteiger partial charge < -0.3 is 15.5 Å². The second-order valence-electron chi connectivity index (χ2n) is 6.44. The van der Waals surface area contributed by atoms with Crippen molar-refractivity contribution in [3.63, 3.8) is 0 Å². The van der Waals surface area contributed by atoms with Gasteiger partial charge in [0, 0.05) is 25.7 Å². The number of piperazine rings is 1. The Morgan fingerprint density at radius 2 is 2.10 bits per heavy atom. The Bertz CT molecular complexity index is 491. The molecule has 0 radical (unpaired) electrons. The second kappa shape index (κ2) is 4.98. The molecule has 2 atom stereocenters. The molecular weight excluding hydrogens is 272 g/mol. The van der Waals surface area contributed by atoms with Crippen LogP contribution < -0.4 is 10.6 Å². The minimum atomic E-state index is -0.813. The van der Waals surface area contributed by atoms with Gasteiger partial charge >= 0.3 is 6.03 Å². The molecule has 0 aromatic carbocycles. The highest BCUT2D eigenvalue weighted by atomic mass is 16.2. The molecule has 3 fully saturated rings. The number of amides is 4. The number of nitrogens with zero attached hydrogens (tertiary/aromatic N) is 2. The van der Waals surface area contributed by atoms with Crippen LogP contribution in [0, 0.1) is 5.92 Å². The van der Waals surface area contributed by atoms with Gasteiger partial charge in [-0.25, -0.2) is 4.79 Å². The predicted octanol–water partition coefficient (Wildman–Crippen LogP) is -0.473. The summed E-state index contributed by atoms with van der Waals surface area (Å²) in [7, 11) is 0. The van der Waals surface area contributed by atoms with Crippen LogP contribution >= 0.6 is 0 Å². The Labute approximate surface area is 124 Å². The van der Waals surface area contributed by atoms with Gasteiger partial charge in [0.2, 0.25) is 5.91 Å². The van der Waals surface area contributed by atoms with Crippen molar-refractivity contribution in [2.24, 2.45) is 5.92 Å². The summed E-state index contributed by atoms with van der Waals surface area (Å²) in [5, 5.41) is 5.98. The molecule has 2 aliphatic heterocycles. The molecule has 0 aromatic rings. The standard InChI is InChI=1S/C14H22N4O3/c1-9-7-15-5-6-17(9)11(19)8-18-12(20)14(2,10-3-4-10)16-13(18)21/h9-10,15H,3-8H2,1-2H3,(H,16,21). The highest BCUT2D eigenvalue weighted by molar-refractivity contribution is 6.09. The maximum absolute atomic E-state index is 12.5. The highest BCUT2D eigenvalue weighted by Crippen LogP contribution is 2.42.